The van der Waals surface area contributed by atoms with Crippen LogP contribution in [0.4, 0.5) is 5.69 Å². The van der Waals surface area contributed by atoms with Crippen LogP contribution in [0.3, 0.4) is 0 Å². The van der Waals surface area contributed by atoms with Gasteiger partial charge in [0.05, 0.1) is 15.9 Å². The van der Waals surface area contributed by atoms with E-state index in [1.165, 1.54) is 6.07 Å². The Balaban J connectivity index is 2.64. The summed E-state index contributed by atoms with van der Waals surface area (Å²) in [7, 11) is -2.05. The second-order valence-electron chi connectivity index (χ2n) is 6.79. The van der Waals surface area contributed by atoms with Gasteiger partial charge in [0.1, 0.15) is 12.4 Å². The maximum absolute atomic E-state index is 11.9. The van der Waals surface area contributed by atoms with Gasteiger partial charge in [-0.25, -0.2) is 0 Å². The molecule has 0 unspecified atom stereocenters. The van der Waals surface area contributed by atoms with Gasteiger partial charge in [-0.05, 0) is 26.8 Å². The van der Waals surface area contributed by atoms with Crippen LogP contribution in [0, 0.1) is 15.5 Å². The number of aromatic hydroxyl groups is 3. The highest BCUT2D eigenvalue weighted by molar-refractivity contribution is 6.49. The molecule has 140 valence electrons. The Kier molecular flexibility index (Phi) is 5.10. The molecular weight excluding hydrogens is 362 g/mol. The van der Waals surface area contributed by atoms with E-state index in [4.69, 9.17) is 4.74 Å². The van der Waals surface area contributed by atoms with Crippen LogP contribution < -0.4 is 5.19 Å². The molecule has 9 nitrogen and oxygen atoms in total. The maximum Gasteiger partial charge on any atom is 0.311 e. The van der Waals surface area contributed by atoms with Gasteiger partial charge in [-0.1, -0.05) is 0 Å². The molecule has 0 aromatic heterocycles. The van der Waals surface area contributed by atoms with Crippen molar-refractivity contribution in [2.75, 3.05) is 0 Å². The predicted molar refractivity (Wildman–Crippen MR) is 95.2 cm³/mol. The second kappa shape index (κ2) is 6.81. The van der Waals surface area contributed by atoms with Gasteiger partial charge in [0.25, 0.3) is 5.69 Å². The molecule has 0 aliphatic carbocycles. The van der Waals surface area contributed by atoms with Crippen LogP contribution in [-0.2, 0) is 16.1 Å². The molecule has 0 saturated carbocycles. The average Bonchev–Trinajstić information content (AvgIpc) is 2.56. The largest absolute Gasteiger partial charge is 0.507 e. The number of hydrogen-bond acceptors (Lipinski definition) is 8. The van der Waals surface area contributed by atoms with Gasteiger partial charge in [-0.15, -0.1) is 0 Å². The molecule has 2 aromatic carbocycles. The maximum atomic E-state index is 11.9. The molecule has 0 atom stereocenters. The summed E-state index contributed by atoms with van der Waals surface area (Å²) in [5, 5.41) is 41.2. The summed E-state index contributed by atoms with van der Waals surface area (Å²) in [6, 6.07) is 2.18. The molecule has 10 heteroatoms. The number of benzene rings is 2. The fraction of sp³-hybridized carbons (Fsp3) is 0.312. The van der Waals surface area contributed by atoms with Crippen molar-refractivity contribution in [3.8, 4) is 17.2 Å². The Bertz CT molecular complexity index is 904. The van der Waals surface area contributed by atoms with E-state index in [1.807, 2.05) is 0 Å². The lowest BCUT2D eigenvalue weighted by molar-refractivity contribution is -0.385. The van der Waals surface area contributed by atoms with E-state index in [2.05, 4.69) is 0 Å². The molecule has 0 aliphatic rings. The monoisotopic (exact) mass is 381 g/mol. The van der Waals surface area contributed by atoms with Gasteiger partial charge in [0.15, 0.2) is 21.3 Å². The smallest absolute Gasteiger partial charge is 0.311 e. The molecule has 0 fully saturated rings. The highest BCUT2D eigenvalue weighted by Gasteiger charge is 2.26. The molecule has 2 aromatic rings. The van der Waals surface area contributed by atoms with Crippen molar-refractivity contribution in [1.29, 1.82) is 0 Å². The van der Waals surface area contributed by atoms with Crippen LogP contribution in [0.5, 0.6) is 17.2 Å². The van der Waals surface area contributed by atoms with Crippen molar-refractivity contribution >= 4 is 37.4 Å². The first kappa shape index (κ1) is 19.5. The van der Waals surface area contributed by atoms with Gasteiger partial charge in [-0.2, -0.15) is 0 Å². The number of ether oxygens (including phenoxy) is 1. The third-order valence-electron chi connectivity index (χ3n) is 3.85. The predicted octanol–water partition coefficient (Wildman–Crippen LogP) is 0.655. The average molecular weight is 381 g/mol. The Morgan fingerprint density at radius 3 is 2.23 bits per heavy atom. The van der Waals surface area contributed by atoms with E-state index >= 15 is 0 Å². The first-order chi connectivity index (χ1) is 12.0. The Labute approximate surface area is 150 Å². The molecular formula is C16H19NO8Si. The summed E-state index contributed by atoms with van der Waals surface area (Å²) in [4.78, 5) is 31.9. The normalized spacial score (nSPS) is 12.0. The quantitative estimate of drug-likeness (QED) is 0.151. The molecule has 0 saturated heterocycles. The topological polar surface area (TPSA) is 150 Å². The van der Waals surface area contributed by atoms with Gasteiger partial charge in [-0.3, -0.25) is 14.9 Å². The van der Waals surface area contributed by atoms with Crippen molar-refractivity contribution in [2.45, 2.75) is 27.4 Å². The highest BCUT2D eigenvalue weighted by atomic mass is 28.2. The van der Waals surface area contributed by atoms with Crippen LogP contribution in [0.15, 0.2) is 12.1 Å². The first-order valence-electron chi connectivity index (χ1n) is 7.63. The minimum Gasteiger partial charge on any atom is -0.507 e. The Morgan fingerprint density at radius 1 is 1.15 bits per heavy atom. The van der Waals surface area contributed by atoms with Crippen LogP contribution >= 0.6 is 0 Å². The lowest BCUT2D eigenvalue weighted by Gasteiger charge is -2.17. The number of nitro groups is 1. The lowest BCUT2D eigenvalue weighted by atomic mass is 9.97. The highest BCUT2D eigenvalue weighted by Crippen LogP contribution is 2.40. The van der Waals surface area contributed by atoms with Crippen LogP contribution in [0.25, 0.3) is 10.8 Å². The van der Waals surface area contributed by atoms with Crippen molar-refractivity contribution in [1.82, 2.24) is 0 Å². The van der Waals surface area contributed by atoms with E-state index in [9.17, 15) is 35.0 Å². The third kappa shape index (κ3) is 3.41. The van der Waals surface area contributed by atoms with E-state index in [-0.39, 0.29) is 21.5 Å². The minimum absolute atomic E-state index is 0.0109. The van der Waals surface area contributed by atoms with E-state index in [1.54, 1.807) is 20.8 Å². The molecule has 0 aliphatic heterocycles. The van der Waals surface area contributed by atoms with Gasteiger partial charge in [0, 0.05) is 22.0 Å². The van der Waals surface area contributed by atoms with Gasteiger partial charge < -0.3 is 24.9 Å². The van der Waals surface area contributed by atoms with E-state index in [0.717, 1.165) is 6.07 Å². The molecule has 0 heterocycles. The summed E-state index contributed by atoms with van der Waals surface area (Å²) < 4.78 is 5.09. The van der Waals surface area contributed by atoms with Gasteiger partial charge in [0.2, 0.25) is 0 Å². The Hall–Kier alpha value is -2.85. The van der Waals surface area contributed by atoms with Crippen LogP contribution in [0.1, 0.15) is 26.3 Å². The summed E-state index contributed by atoms with van der Waals surface area (Å²) >= 11 is 0. The van der Waals surface area contributed by atoms with Crippen molar-refractivity contribution < 1.29 is 34.6 Å². The molecule has 2 rings (SSSR count). The number of phenols is 3. The van der Waals surface area contributed by atoms with Crippen LogP contribution in [0.2, 0.25) is 0 Å². The summed E-state index contributed by atoms with van der Waals surface area (Å²) in [5.41, 5.74) is -1.24. The molecule has 0 radical (unpaired) electrons. The fourth-order valence-electron chi connectivity index (χ4n) is 2.37. The molecule has 26 heavy (non-hydrogen) atoms. The first-order valence-corrected chi connectivity index (χ1v) is 8.97. The number of rotatable bonds is 4. The molecule has 4 N–H and O–H groups in total. The number of carbonyl (C=O) groups excluding carboxylic acids is 1. The Morgan fingerprint density at radius 2 is 1.73 bits per heavy atom. The van der Waals surface area contributed by atoms with E-state index in [0.29, 0.717) is 0 Å². The number of nitro benzene ring substituents is 1. The van der Waals surface area contributed by atoms with Crippen molar-refractivity contribution in [2.24, 2.45) is 5.41 Å². The molecule has 0 spiro atoms. The number of carbonyl (C=O) groups is 1. The number of nitrogens with zero attached hydrogens (tertiary/aromatic N) is 1. The SMILES string of the molecule is CC(C)(C)C(=O)OCc1cc2c(O)c(O)c([SiH2]O)c(O)c2cc1[N+](=O)[O-]. The second-order valence-corrected chi connectivity index (χ2v) is 7.82. The van der Waals surface area contributed by atoms with Crippen molar-refractivity contribution in [3.05, 3.63) is 27.8 Å². The standard InChI is InChI=1S/C16H19NO8Si/c1-16(2,3)15(21)25-6-7-4-8-9(5-10(7)17(22)23)12(19)14(26-24)13(20)11(8)18/h4-5,18-20,24H,6,26H2,1-3H3. The number of phenolic OH excluding ortho intramolecular Hbond substituents is 3. The zero-order valence-corrected chi connectivity index (χ0v) is 15.9. The van der Waals surface area contributed by atoms with Gasteiger partial charge >= 0.3 is 5.97 Å². The summed E-state index contributed by atoms with van der Waals surface area (Å²) in [6.07, 6.45) is 0. The lowest BCUT2D eigenvalue weighted by Crippen LogP contribution is -2.22. The number of fused-ring (bicyclic) bond motifs is 1. The third-order valence-corrected chi connectivity index (χ3v) is 4.84. The zero-order chi connectivity index (χ0) is 19.8. The minimum atomic E-state index is -2.05. The number of esters is 1. The molecule has 0 amide bonds. The van der Waals surface area contributed by atoms with Crippen LogP contribution in [-0.4, -0.2) is 40.8 Å². The van der Waals surface area contributed by atoms with Crippen molar-refractivity contribution in [3.63, 3.8) is 0 Å². The summed E-state index contributed by atoms with van der Waals surface area (Å²) in [5.74, 6) is -2.38. The molecule has 0 bridgehead atoms. The number of hydrogen-bond donors (Lipinski definition) is 4. The van der Waals surface area contributed by atoms with E-state index < -0.39 is 55.6 Å². The fourth-order valence-corrected chi connectivity index (χ4v) is 3.02. The zero-order valence-electron chi connectivity index (χ0n) is 14.4. The summed E-state index contributed by atoms with van der Waals surface area (Å²) in [6.45, 7) is 4.48.